The summed E-state index contributed by atoms with van der Waals surface area (Å²) in [6.07, 6.45) is 2.85. The Hall–Kier alpha value is -1.62. The average molecular weight is 349 g/mol. The van der Waals surface area contributed by atoms with Gasteiger partial charge in [0.1, 0.15) is 16.1 Å². The fraction of sp³-hybridized carbons (Fsp3) is 0.375. The Kier molecular flexibility index (Phi) is 3.85. The number of pyridine rings is 1. The van der Waals surface area contributed by atoms with E-state index in [1.807, 2.05) is 12.1 Å². The van der Waals surface area contributed by atoms with Gasteiger partial charge in [0.25, 0.3) is 5.91 Å². The van der Waals surface area contributed by atoms with Crippen LogP contribution in [0, 0.1) is 5.92 Å². The molecule has 2 unspecified atom stereocenters. The number of carbonyl (C=O) groups excluding carboxylic acids is 1. The molecule has 2 atom stereocenters. The van der Waals surface area contributed by atoms with E-state index >= 15 is 0 Å². The van der Waals surface area contributed by atoms with Gasteiger partial charge in [0.2, 0.25) is 0 Å². The first-order chi connectivity index (χ1) is 10.1. The molecule has 2 heterocycles. The molecule has 2 aromatic heterocycles. The Labute approximate surface area is 132 Å². The molecule has 0 aliphatic heterocycles. The van der Waals surface area contributed by atoms with E-state index in [1.165, 1.54) is 6.42 Å². The van der Waals surface area contributed by atoms with Crippen molar-refractivity contribution >= 4 is 21.8 Å². The monoisotopic (exact) mass is 348 g/mol. The number of hydrogen-bond acceptors (Lipinski definition) is 3. The Bertz CT molecular complexity index is 668. The van der Waals surface area contributed by atoms with Crippen molar-refractivity contribution in [1.82, 2.24) is 9.88 Å². The molecule has 2 aromatic rings. The molecule has 0 radical (unpaired) electrons. The average Bonchev–Trinajstić information content (AvgIpc) is 3.01. The van der Waals surface area contributed by atoms with E-state index in [1.54, 1.807) is 30.3 Å². The Morgan fingerprint density at radius 2 is 2.24 bits per heavy atom. The van der Waals surface area contributed by atoms with Gasteiger partial charge in [-0.1, -0.05) is 6.92 Å². The van der Waals surface area contributed by atoms with Crippen LogP contribution < -0.4 is 0 Å². The highest BCUT2D eigenvalue weighted by Crippen LogP contribution is 2.47. The molecular formula is C16H17BrN2O2. The lowest BCUT2D eigenvalue weighted by Crippen LogP contribution is -2.26. The van der Waals surface area contributed by atoms with E-state index < -0.39 is 0 Å². The molecule has 0 aromatic carbocycles. The Morgan fingerprint density at radius 3 is 2.90 bits per heavy atom. The highest BCUT2D eigenvalue weighted by Gasteiger charge is 2.36. The van der Waals surface area contributed by atoms with Gasteiger partial charge in [-0.15, -0.1) is 0 Å². The van der Waals surface area contributed by atoms with E-state index in [-0.39, 0.29) is 5.91 Å². The third kappa shape index (κ3) is 3.02. The van der Waals surface area contributed by atoms with Crippen LogP contribution in [-0.2, 0) is 6.54 Å². The first-order valence-corrected chi connectivity index (χ1v) is 7.80. The lowest BCUT2D eigenvalue weighted by atomic mass is 10.2. The third-order valence-corrected chi connectivity index (χ3v) is 4.52. The van der Waals surface area contributed by atoms with Crippen molar-refractivity contribution in [2.75, 3.05) is 7.05 Å². The van der Waals surface area contributed by atoms with Crippen LogP contribution in [0.25, 0.3) is 0 Å². The molecule has 1 amide bonds. The molecule has 5 heteroatoms. The first kappa shape index (κ1) is 14.3. The smallest absolute Gasteiger partial charge is 0.256 e. The summed E-state index contributed by atoms with van der Waals surface area (Å²) in [6.45, 7) is 2.68. The van der Waals surface area contributed by atoms with E-state index in [0.29, 0.717) is 22.6 Å². The van der Waals surface area contributed by atoms with Gasteiger partial charge in [-0.2, -0.15) is 0 Å². The fourth-order valence-electron chi connectivity index (χ4n) is 2.45. The van der Waals surface area contributed by atoms with Crippen LogP contribution in [0.2, 0.25) is 0 Å². The Morgan fingerprint density at radius 1 is 1.48 bits per heavy atom. The van der Waals surface area contributed by atoms with E-state index in [9.17, 15) is 4.79 Å². The maximum atomic E-state index is 12.4. The molecule has 3 rings (SSSR count). The van der Waals surface area contributed by atoms with Crippen LogP contribution in [0.4, 0.5) is 0 Å². The zero-order valence-electron chi connectivity index (χ0n) is 12.0. The zero-order chi connectivity index (χ0) is 15.0. The number of hydrogen-bond donors (Lipinski definition) is 0. The number of rotatable bonds is 4. The molecule has 0 spiro atoms. The minimum atomic E-state index is -0.0762. The van der Waals surface area contributed by atoms with Gasteiger partial charge in [0, 0.05) is 19.2 Å². The third-order valence-electron chi connectivity index (χ3n) is 3.89. The first-order valence-electron chi connectivity index (χ1n) is 7.01. The summed E-state index contributed by atoms with van der Waals surface area (Å²) in [6, 6.07) is 7.50. The van der Waals surface area contributed by atoms with Gasteiger partial charge < -0.3 is 9.32 Å². The number of amides is 1. The molecule has 1 aliphatic rings. The predicted octanol–water partition coefficient (Wildman–Crippen LogP) is 3.83. The van der Waals surface area contributed by atoms with Gasteiger partial charge >= 0.3 is 0 Å². The molecule has 4 nitrogen and oxygen atoms in total. The quantitative estimate of drug-likeness (QED) is 0.788. The molecule has 0 saturated heterocycles. The highest BCUT2D eigenvalue weighted by atomic mass is 79.9. The molecule has 0 N–H and O–H groups in total. The molecular weight excluding hydrogens is 332 g/mol. The number of aromatic nitrogens is 1. The highest BCUT2D eigenvalue weighted by molar-refractivity contribution is 9.10. The predicted molar refractivity (Wildman–Crippen MR) is 83.0 cm³/mol. The SMILES string of the molecule is CC1CC1c1ccc(CN(C)C(=O)c2cccnc2Br)o1. The van der Waals surface area contributed by atoms with Crippen molar-refractivity contribution in [2.24, 2.45) is 5.92 Å². The molecule has 1 saturated carbocycles. The van der Waals surface area contributed by atoms with Crippen molar-refractivity contribution in [1.29, 1.82) is 0 Å². The lowest BCUT2D eigenvalue weighted by molar-refractivity contribution is 0.0773. The second-order valence-corrected chi connectivity index (χ2v) is 6.38. The van der Waals surface area contributed by atoms with Crippen LogP contribution >= 0.6 is 15.9 Å². The second kappa shape index (κ2) is 5.64. The number of carbonyl (C=O) groups is 1. The number of nitrogens with zero attached hydrogens (tertiary/aromatic N) is 2. The number of halogens is 1. The molecule has 0 bridgehead atoms. The summed E-state index contributed by atoms with van der Waals surface area (Å²) in [5.41, 5.74) is 0.558. The van der Waals surface area contributed by atoms with Gasteiger partial charge in [0.15, 0.2) is 0 Å². The molecule has 110 valence electrons. The largest absolute Gasteiger partial charge is 0.464 e. The normalized spacial score (nSPS) is 20.3. The van der Waals surface area contributed by atoms with E-state index in [4.69, 9.17) is 4.42 Å². The zero-order valence-corrected chi connectivity index (χ0v) is 13.6. The van der Waals surface area contributed by atoms with Crippen LogP contribution in [0.15, 0.2) is 39.5 Å². The second-order valence-electron chi connectivity index (χ2n) is 5.63. The van der Waals surface area contributed by atoms with Crippen molar-refractivity contribution in [3.05, 3.63) is 52.1 Å². The van der Waals surface area contributed by atoms with Crippen LogP contribution in [0.3, 0.4) is 0 Å². The maximum absolute atomic E-state index is 12.4. The maximum Gasteiger partial charge on any atom is 0.256 e. The summed E-state index contributed by atoms with van der Waals surface area (Å²) in [4.78, 5) is 18.1. The van der Waals surface area contributed by atoms with Crippen molar-refractivity contribution in [3.8, 4) is 0 Å². The molecule has 1 aliphatic carbocycles. The summed E-state index contributed by atoms with van der Waals surface area (Å²) in [5, 5.41) is 0. The standard InChI is InChI=1S/C16H17BrN2O2/c1-10-8-13(10)14-6-5-11(21-14)9-19(2)16(20)12-4-3-7-18-15(12)17/h3-7,10,13H,8-9H2,1-2H3. The minimum Gasteiger partial charge on any atom is -0.464 e. The van der Waals surface area contributed by atoms with E-state index in [2.05, 4.69) is 27.8 Å². The van der Waals surface area contributed by atoms with Gasteiger partial charge in [0.05, 0.1) is 12.1 Å². The van der Waals surface area contributed by atoms with Crippen molar-refractivity contribution in [3.63, 3.8) is 0 Å². The minimum absolute atomic E-state index is 0.0762. The van der Waals surface area contributed by atoms with Crippen molar-refractivity contribution in [2.45, 2.75) is 25.8 Å². The summed E-state index contributed by atoms with van der Waals surface area (Å²) < 4.78 is 6.41. The summed E-state index contributed by atoms with van der Waals surface area (Å²) in [5.74, 6) is 3.07. The molecule has 21 heavy (non-hydrogen) atoms. The van der Waals surface area contributed by atoms with Crippen LogP contribution in [0.1, 0.15) is 41.1 Å². The summed E-state index contributed by atoms with van der Waals surface area (Å²) >= 11 is 3.31. The Balaban J connectivity index is 1.68. The molecule has 1 fully saturated rings. The van der Waals surface area contributed by atoms with Crippen LogP contribution in [0.5, 0.6) is 0 Å². The van der Waals surface area contributed by atoms with Crippen LogP contribution in [-0.4, -0.2) is 22.8 Å². The van der Waals surface area contributed by atoms with Gasteiger partial charge in [-0.05, 0) is 52.5 Å². The van der Waals surface area contributed by atoms with E-state index in [0.717, 1.165) is 17.4 Å². The topological polar surface area (TPSA) is 46.3 Å². The number of furan rings is 1. The summed E-state index contributed by atoms with van der Waals surface area (Å²) in [7, 11) is 1.77. The van der Waals surface area contributed by atoms with Gasteiger partial charge in [-0.25, -0.2) is 4.98 Å². The lowest BCUT2D eigenvalue weighted by Gasteiger charge is -2.16. The van der Waals surface area contributed by atoms with Gasteiger partial charge in [-0.3, -0.25) is 4.79 Å². The fourth-order valence-corrected chi connectivity index (χ4v) is 2.87. The van der Waals surface area contributed by atoms with Crippen molar-refractivity contribution < 1.29 is 9.21 Å².